The van der Waals surface area contributed by atoms with E-state index in [2.05, 4.69) is 24.1 Å². The van der Waals surface area contributed by atoms with Gasteiger partial charge in [-0.2, -0.15) is 0 Å². The number of aliphatic hydroxyl groups is 1. The van der Waals surface area contributed by atoms with E-state index in [1.54, 1.807) is 0 Å². The van der Waals surface area contributed by atoms with Crippen LogP contribution in [-0.2, 0) is 0 Å². The Labute approximate surface area is 107 Å². The minimum absolute atomic E-state index is 0.151. The average molecular weight is 242 g/mol. The molecule has 2 N–H and O–H groups in total. The molecule has 3 atom stereocenters. The van der Waals surface area contributed by atoms with Gasteiger partial charge in [0.15, 0.2) is 0 Å². The maximum atomic E-state index is 9.64. The molecule has 0 spiro atoms. The first-order chi connectivity index (χ1) is 8.00. The Hall–Kier alpha value is -0.120. The molecule has 1 saturated heterocycles. The zero-order valence-electron chi connectivity index (χ0n) is 12.0. The van der Waals surface area contributed by atoms with Gasteiger partial charge in [0, 0.05) is 19.6 Å². The monoisotopic (exact) mass is 242 g/mol. The molecule has 1 aliphatic rings. The van der Waals surface area contributed by atoms with E-state index in [1.165, 1.54) is 12.8 Å². The Morgan fingerprint density at radius 1 is 1.53 bits per heavy atom. The summed E-state index contributed by atoms with van der Waals surface area (Å²) in [5, 5.41) is 13.0. The highest BCUT2D eigenvalue weighted by molar-refractivity contribution is 4.85. The third-order valence-electron chi connectivity index (χ3n) is 4.05. The van der Waals surface area contributed by atoms with Crippen LogP contribution in [0.1, 0.15) is 40.0 Å². The molecule has 0 bridgehead atoms. The molecule has 0 aliphatic carbocycles. The third-order valence-corrected chi connectivity index (χ3v) is 4.05. The van der Waals surface area contributed by atoms with Crippen LogP contribution in [0.15, 0.2) is 0 Å². The fourth-order valence-electron chi connectivity index (χ4n) is 3.19. The van der Waals surface area contributed by atoms with Gasteiger partial charge in [-0.15, -0.1) is 0 Å². The smallest absolute Gasteiger partial charge is 0.0552 e. The van der Waals surface area contributed by atoms with Gasteiger partial charge in [-0.05, 0) is 44.7 Å². The summed E-state index contributed by atoms with van der Waals surface area (Å²) in [6.07, 6.45) is 3.51. The molecular formula is C14H30N2O. The van der Waals surface area contributed by atoms with Gasteiger partial charge in [-0.1, -0.05) is 20.3 Å². The summed E-state index contributed by atoms with van der Waals surface area (Å²) in [4.78, 5) is 2.53. The van der Waals surface area contributed by atoms with E-state index in [0.29, 0.717) is 11.3 Å². The van der Waals surface area contributed by atoms with E-state index in [1.807, 2.05) is 14.0 Å². The first kappa shape index (κ1) is 14.9. The van der Waals surface area contributed by atoms with Crippen molar-refractivity contribution in [3.63, 3.8) is 0 Å². The fraction of sp³-hybridized carbons (Fsp3) is 1.00. The predicted molar refractivity (Wildman–Crippen MR) is 73.2 cm³/mol. The van der Waals surface area contributed by atoms with Crippen LogP contribution < -0.4 is 5.32 Å². The van der Waals surface area contributed by atoms with Crippen LogP contribution in [0, 0.1) is 11.3 Å². The van der Waals surface area contributed by atoms with Crippen molar-refractivity contribution in [1.29, 1.82) is 0 Å². The molecule has 1 fully saturated rings. The molecule has 0 saturated carbocycles. The second kappa shape index (κ2) is 6.72. The SMILES string of the molecule is CCCC(C)(CNC)CN1CCC(C(C)O)C1. The molecule has 0 amide bonds. The van der Waals surface area contributed by atoms with Crippen molar-refractivity contribution in [3.8, 4) is 0 Å². The highest BCUT2D eigenvalue weighted by Crippen LogP contribution is 2.28. The molecule has 17 heavy (non-hydrogen) atoms. The van der Waals surface area contributed by atoms with Gasteiger partial charge in [0.05, 0.1) is 6.10 Å². The normalized spacial score (nSPS) is 27.0. The van der Waals surface area contributed by atoms with Gasteiger partial charge in [0.25, 0.3) is 0 Å². The van der Waals surface area contributed by atoms with Crippen molar-refractivity contribution in [3.05, 3.63) is 0 Å². The molecule has 0 radical (unpaired) electrons. The van der Waals surface area contributed by atoms with Gasteiger partial charge in [0.2, 0.25) is 0 Å². The number of nitrogens with zero attached hydrogens (tertiary/aromatic N) is 1. The molecule has 3 nitrogen and oxygen atoms in total. The van der Waals surface area contributed by atoms with E-state index in [0.717, 1.165) is 32.6 Å². The van der Waals surface area contributed by atoms with Crippen molar-refractivity contribution in [2.45, 2.75) is 46.1 Å². The van der Waals surface area contributed by atoms with Crippen LogP contribution in [0.2, 0.25) is 0 Å². The Kier molecular flexibility index (Phi) is 5.90. The second-order valence-corrected chi connectivity index (χ2v) is 6.12. The molecule has 1 heterocycles. The summed E-state index contributed by atoms with van der Waals surface area (Å²) in [7, 11) is 2.04. The molecule has 3 heteroatoms. The van der Waals surface area contributed by atoms with E-state index >= 15 is 0 Å². The molecule has 1 rings (SSSR count). The molecule has 3 unspecified atom stereocenters. The Balaban J connectivity index is 2.46. The van der Waals surface area contributed by atoms with Crippen LogP contribution in [0.25, 0.3) is 0 Å². The first-order valence-corrected chi connectivity index (χ1v) is 7.06. The number of hydrogen-bond donors (Lipinski definition) is 2. The average Bonchev–Trinajstić information content (AvgIpc) is 2.66. The van der Waals surface area contributed by atoms with Crippen LogP contribution in [0.4, 0.5) is 0 Å². The maximum Gasteiger partial charge on any atom is 0.0552 e. The lowest BCUT2D eigenvalue weighted by molar-refractivity contribution is 0.117. The minimum Gasteiger partial charge on any atom is -0.393 e. The van der Waals surface area contributed by atoms with Gasteiger partial charge in [0.1, 0.15) is 0 Å². The number of likely N-dealkylation sites (tertiary alicyclic amines) is 1. The Morgan fingerprint density at radius 2 is 2.24 bits per heavy atom. The Bertz CT molecular complexity index is 212. The van der Waals surface area contributed by atoms with Gasteiger partial charge in [-0.25, -0.2) is 0 Å². The maximum absolute atomic E-state index is 9.64. The van der Waals surface area contributed by atoms with Crippen LogP contribution in [-0.4, -0.2) is 49.3 Å². The second-order valence-electron chi connectivity index (χ2n) is 6.12. The van der Waals surface area contributed by atoms with Crippen LogP contribution in [0.3, 0.4) is 0 Å². The van der Waals surface area contributed by atoms with E-state index in [-0.39, 0.29) is 6.10 Å². The molecular weight excluding hydrogens is 212 g/mol. The summed E-state index contributed by atoms with van der Waals surface area (Å²) >= 11 is 0. The molecule has 102 valence electrons. The first-order valence-electron chi connectivity index (χ1n) is 7.06. The third kappa shape index (κ3) is 4.57. The van der Waals surface area contributed by atoms with Crippen LogP contribution >= 0.6 is 0 Å². The molecule has 0 aromatic heterocycles. The number of aliphatic hydroxyl groups excluding tert-OH is 1. The summed E-state index contributed by atoms with van der Waals surface area (Å²) in [5.41, 5.74) is 0.372. The summed E-state index contributed by atoms with van der Waals surface area (Å²) in [6, 6.07) is 0. The van der Waals surface area contributed by atoms with E-state index in [9.17, 15) is 5.11 Å². The zero-order chi connectivity index (χ0) is 12.9. The lowest BCUT2D eigenvalue weighted by atomic mass is 9.85. The number of rotatable bonds is 7. The largest absolute Gasteiger partial charge is 0.393 e. The van der Waals surface area contributed by atoms with Crippen molar-refractivity contribution < 1.29 is 5.11 Å². The topological polar surface area (TPSA) is 35.5 Å². The van der Waals surface area contributed by atoms with Crippen molar-refractivity contribution in [2.75, 3.05) is 33.2 Å². The fourth-order valence-corrected chi connectivity index (χ4v) is 3.19. The van der Waals surface area contributed by atoms with Crippen molar-refractivity contribution in [1.82, 2.24) is 10.2 Å². The molecule has 0 aromatic rings. The number of hydrogen-bond acceptors (Lipinski definition) is 3. The van der Waals surface area contributed by atoms with Gasteiger partial charge in [-0.3, -0.25) is 0 Å². The Morgan fingerprint density at radius 3 is 2.71 bits per heavy atom. The lowest BCUT2D eigenvalue weighted by Gasteiger charge is -2.34. The minimum atomic E-state index is -0.151. The zero-order valence-corrected chi connectivity index (χ0v) is 12.0. The van der Waals surface area contributed by atoms with Crippen molar-refractivity contribution in [2.24, 2.45) is 11.3 Å². The van der Waals surface area contributed by atoms with Gasteiger partial charge >= 0.3 is 0 Å². The number of nitrogens with one attached hydrogen (secondary N) is 1. The van der Waals surface area contributed by atoms with E-state index in [4.69, 9.17) is 0 Å². The quantitative estimate of drug-likeness (QED) is 0.713. The molecule has 1 aliphatic heterocycles. The summed E-state index contributed by atoms with van der Waals surface area (Å²) in [5.74, 6) is 0.482. The summed E-state index contributed by atoms with van der Waals surface area (Å²) < 4.78 is 0. The highest BCUT2D eigenvalue weighted by atomic mass is 16.3. The van der Waals surface area contributed by atoms with E-state index < -0.39 is 0 Å². The highest BCUT2D eigenvalue weighted by Gasteiger charge is 2.31. The van der Waals surface area contributed by atoms with Gasteiger partial charge < -0.3 is 15.3 Å². The summed E-state index contributed by atoms with van der Waals surface area (Å²) in [6.45, 7) is 11.0. The van der Waals surface area contributed by atoms with Crippen molar-refractivity contribution >= 4 is 0 Å². The lowest BCUT2D eigenvalue weighted by Crippen LogP contribution is -2.41. The predicted octanol–water partition coefficient (Wildman–Crippen LogP) is 1.71. The standard InChI is InChI=1S/C14H30N2O/c1-5-7-14(3,10-15-4)11-16-8-6-13(9-16)12(2)17/h12-13,15,17H,5-11H2,1-4H3. The van der Waals surface area contributed by atoms with Crippen LogP contribution in [0.5, 0.6) is 0 Å². The molecule has 0 aromatic carbocycles.